The van der Waals surface area contributed by atoms with Crippen molar-refractivity contribution in [2.45, 2.75) is 36.9 Å². The number of anilines is 1. The minimum absolute atomic E-state index is 0.253. The van der Waals surface area contributed by atoms with E-state index < -0.39 is 16.1 Å². The number of thiazole rings is 1. The van der Waals surface area contributed by atoms with Crippen LogP contribution in [0.25, 0.3) is 10.2 Å². The second kappa shape index (κ2) is 11.4. The molecule has 2 aromatic heterocycles. The maximum Gasteiger partial charge on any atom is 0.253 e. The molecule has 1 unspecified atom stereocenters. The molecule has 196 valence electrons. The summed E-state index contributed by atoms with van der Waals surface area (Å²) in [5, 5.41) is 2.24. The first-order valence-electron chi connectivity index (χ1n) is 12.0. The number of aromatic nitrogens is 1. The molecule has 36 heavy (non-hydrogen) atoms. The summed E-state index contributed by atoms with van der Waals surface area (Å²) in [5.41, 5.74) is 0.618. The Bertz CT molecular complexity index is 1250. The Labute approximate surface area is 220 Å². The highest BCUT2D eigenvalue weighted by atomic mass is 32.2. The van der Waals surface area contributed by atoms with E-state index in [9.17, 15) is 13.2 Å². The van der Waals surface area contributed by atoms with Crippen molar-refractivity contribution in [1.29, 1.82) is 0 Å². The van der Waals surface area contributed by atoms with Gasteiger partial charge in [0.25, 0.3) is 10.0 Å². The predicted octanol–water partition coefficient (Wildman–Crippen LogP) is 3.90. The smallest absolute Gasteiger partial charge is 0.253 e. The van der Waals surface area contributed by atoms with Crippen molar-refractivity contribution in [3.8, 4) is 11.5 Å². The summed E-state index contributed by atoms with van der Waals surface area (Å²) in [6, 6.07) is 6.13. The van der Waals surface area contributed by atoms with Gasteiger partial charge in [-0.2, -0.15) is 4.31 Å². The van der Waals surface area contributed by atoms with Crippen LogP contribution in [0.3, 0.4) is 0 Å². The number of hydrogen-bond donors (Lipinski definition) is 0. The summed E-state index contributed by atoms with van der Waals surface area (Å²) >= 11 is 2.52. The lowest BCUT2D eigenvalue weighted by atomic mass is 10.2. The molecule has 3 heterocycles. The number of ether oxygens (including phenoxy) is 2. The molecule has 1 atom stereocenters. The average Bonchev–Trinajstić information content (AvgIpc) is 3.66. The molecule has 0 radical (unpaired) electrons. The third-order valence-corrected chi connectivity index (χ3v) is 10.9. The number of nitrogens with zero attached hydrogens (tertiary/aromatic N) is 4. The van der Waals surface area contributed by atoms with Crippen LogP contribution in [0, 0.1) is 0 Å². The van der Waals surface area contributed by atoms with Gasteiger partial charge in [-0.1, -0.05) is 31.3 Å². The van der Waals surface area contributed by atoms with Crippen molar-refractivity contribution in [2.75, 3.05) is 51.8 Å². The van der Waals surface area contributed by atoms with E-state index >= 15 is 0 Å². The SMILES string of the molecule is CCN(CC)CCN(C(=O)C1CCCN1S(=O)(=O)c1cccs1)c1nc2c(OC)ccc(OC)c2s1. The Balaban J connectivity index is 1.73. The van der Waals surface area contributed by atoms with Crippen LogP contribution in [-0.4, -0.2) is 81.5 Å². The quantitative estimate of drug-likeness (QED) is 0.356. The number of methoxy groups -OCH3 is 2. The third-order valence-electron chi connectivity index (χ3n) is 6.48. The van der Waals surface area contributed by atoms with Crippen molar-refractivity contribution in [2.24, 2.45) is 0 Å². The molecule has 1 aliphatic rings. The largest absolute Gasteiger partial charge is 0.495 e. The fourth-order valence-electron chi connectivity index (χ4n) is 4.45. The Kier molecular flexibility index (Phi) is 8.51. The number of carbonyl (C=O) groups is 1. The lowest BCUT2D eigenvalue weighted by Gasteiger charge is -2.29. The molecule has 0 spiro atoms. The van der Waals surface area contributed by atoms with Gasteiger partial charge in [-0.05, 0) is 49.5 Å². The van der Waals surface area contributed by atoms with E-state index in [1.165, 1.54) is 27.0 Å². The molecule has 3 aromatic rings. The van der Waals surface area contributed by atoms with E-state index in [4.69, 9.17) is 14.5 Å². The lowest BCUT2D eigenvalue weighted by molar-refractivity contribution is -0.121. The van der Waals surface area contributed by atoms with Gasteiger partial charge in [-0.3, -0.25) is 9.69 Å². The molecule has 9 nitrogen and oxygen atoms in total. The zero-order valence-corrected chi connectivity index (χ0v) is 23.4. The van der Waals surface area contributed by atoms with E-state index in [1.807, 2.05) is 6.07 Å². The van der Waals surface area contributed by atoms with E-state index in [2.05, 4.69) is 18.7 Å². The zero-order valence-electron chi connectivity index (χ0n) is 21.0. The number of benzene rings is 1. The van der Waals surface area contributed by atoms with Crippen LogP contribution < -0.4 is 14.4 Å². The Morgan fingerprint density at radius 1 is 1.14 bits per heavy atom. The van der Waals surface area contributed by atoms with Crippen LogP contribution in [-0.2, 0) is 14.8 Å². The molecule has 1 saturated heterocycles. The highest BCUT2D eigenvalue weighted by molar-refractivity contribution is 7.91. The Hall–Kier alpha value is -2.25. The summed E-state index contributed by atoms with van der Waals surface area (Å²) in [6.07, 6.45) is 1.11. The minimum atomic E-state index is -3.75. The lowest BCUT2D eigenvalue weighted by Crippen LogP contribution is -2.49. The number of fused-ring (bicyclic) bond motifs is 1. The molecule has 0 saturated carbocycles. The van der Waals surface area contributed by atoms with Crippen molar-refractivity contribution in [3.63, 3.8) is 0 Å². The zero-order chi connectivity index (χ0) is 25.9. The molecule has 1 aromatic carbocycles. The van der Waals surface area contributed by atoms with Crippen LogP contribution in [0.15, 0.2) is 33.9 Å². The predicted molar refractivity (Wildman–Crippen MR) is 144 cm³/mol. The van der Waals surface area contributed by atoms with Gasteiger partial charge in [-0.25, -0.2) is 13.4 Å². The molecule has 4 rings (SSSR count). The van der Waals surface area contributed by atoms with Crippen molar-refractivity contribution >= 4 is 54.0 Å². The molecule has 0 aliphatic carbocycles. The molecule has 1 aliphatic heterocycles. The molecule has 12 heteroatoms. The standard InChI is InChI=1S/C24H32N4O5S3/c1-5-26(6-2)14-15-27(24-25-21-18(32-3)11-12-19(33-4)22(21)35-24)23(29)17-9-7-13-28(17)36(30,31)20-10-8-16-34-20/h8,10-12,16-17H,5-7,9,13-15H2,1-4H3. The number of sulfonamides is 1. The molecule has 0 N–H and O–H groups in total. The molecule has 0 bridgehead atoms. The first kappa shape index (κ1) is 26.8. The van der Waals surface area contributed by atoms with E-state index in [-0.39, 0.29) is 10.1 Å². The van der Waals surface area contributed by atoms with Crippen LogP contribution >= 0.6 is 22.7 Å². The second-order valence-corrected chi connectivity index (χ2v) is 12.4. The monoisotopic (exact) mass is 552 g/mol. The van der Waals surface area contributed by atoms with Gasteiger partial charge in [-0.15, -0.1) is 11.3 Å². The van der Waals surface area contributed by atoms with Crippen molar-refractivity contribution in [1.82, 2.24) is 14.2 Å². The second-order valence-electron chi connectivity index (χ2n) is 8.37. The number of thiophene rings is 1. The fraction of sp³-hybridized carbons (Fsp3) is 0.500. The van der Waals surface area contributed by atoms with Gasteiger partial charge in [0.05, 0.1) is 14.2 Å². The van der Waals surface area contributed by atoms with Gasteiger partial charge in [0.1, 0.15) is 32.0 Å². The van der Waals surface area contributed by atoms with Crippen molar-refractivity contribution < 1.29 is 22.7 Å². The number of rotatable bonds is 11. The molecular formula is C24H32N4O5S3. The topological polar surface area (TPSA) is 92.3 Å². The van der Waals surface area contributed by atoms with E-state index in [0.29, 0.717) is 54.6 Å². The minimum Gasteiger partial charge on any atom is -0.495 e. The third kappa shape index (κ3) is 5.10. The average molecular weight is 553 g/mol. The van der Waals surface area contributed by atoms with Gasteiger partial charge in [0.2, 0.25) is 5.91 Å². The number of amides is 1. The van der Waals surface area contributed by atoms with Crippen LogP contribution in [0.1, 0.15) is 26.7 Å². The summed E-state index contributed by atoms with van der Waals surface area (Å²) in [7, 11) is -0.583. The summed E-state index contributed by atoms with van der Waals surface area (Å²) in [4.78, 5) is 22.7. The number of likely N-dealkylation sites (N-methyl/N-ethyl adjacent to an activating group) is 1. The molecule has 1 fully saturated rings. The normalized spacial score (nSPS) is 16.6. The van der Waals surface area contributed by atoms with Gasteiger partial charge >= 0.3 is 0 Å². The highest BCUT2D eigenvalue weighted by Gasteiger charge is 2.42. The maximum absolute atomic E-state index is 14.1. The van der Waals surface area contributed by atoms with Gasteiger partial charge in [0, 0.05) is 19.6 Å². The highest BCUT2D eigenvalue weighted by Crippen LogP contribution is 2.41. The van der Waals surface area contributed by atoms with Crippen LogP contribution in [0.4, 0.5) is 5.13 Å². The Morgan fingerprint density at radius 2 is 1.86 bits per heavy atom. The first-order chi connectivity index (χ1) is 17.3. The fourth-order valence-corrected chi connectivity index (χ4v) is 8.33. The van der Waals surface area contributed by atoms with Crippen molar-refractivity contribution in [3.05, 3.63) is 29.6 Å². The van der Waals surface area contributed by atoms with Gasteiger partial charge in [0.15, 0.2) is 5.13 Å². The summed E-state index contributed by atoms with van der Waals surface area (Å²) < 4.78 is 40.1. The summed E-state index contributed by atoms with van der Waals surface area (Å²) in [5.74, 6) is 0.984. The molecular weight excluding hydrogens is 520 g/mol. The van der Waals surface area contributed by atoms with E-state index in [0.717, 1.165) is 17.8 Å². The summed E-state index contributed by atoms with van der Waals surface area (Å²) in [6.45, 7) is 7.22. The Morgan fingerprint density at radius 3 is 2.50 bits per heavy atom. The maximum atomic E-state index is 14.1. The number of carbonyl (C=O) groups excluding carboxylic acids is 1. The van der Waals surface area contributed by atoms with Crippen LogP contribution in [0.5, 0.6) is 11.5 Å². The first-order valence-corrected chi connectivity index (χ1v) is 15.1. The van der Waals surface area contributed by atoms with Gasteiger partial charge < -0.3 is 14.4 Å². The molecule has 1 amide bonds. The number of hydrogen-bond acceptors (Lipinski definition) is 9. The van der Waals surface area contributed by atoms with Crippen LogP contribution in [0.2, 0.25) is 0 Å². The van der Waals surface area contributed by atoms with E-state index in [1.54, 1.807) is 42.7 Å².